The van der Waals surface area contributed by atoms with Gasteiger partial charge in [0.15, 0.2) is 0 Å². The zero-order valence-electron chi connectivity index (χ0n) is 12.0. The minimum atomic E-state index is -0.205. The first-order valence-electron chi connectivity index (χ1n) is 7.36. The second-order valence-corrected chi connectivity index (χ2v) is 7.07. The van der Waals surface area contributed by atoms with E-state index in [4.69, 9.17) is 11.6 Å². The molecule has 0 aliphatic heterocycles. The number of hydrogen-bond donors (Lipinski definition) is 1. The SMILES string of the molecule is CNC(Cc1ccc(Cl)cc1F)C1CCCc2sccc21. The predicted molar refractivity (Wildman–Crippen MR) is 88.0 cm³/mol. The molecule has 1 heterocycles. The summed E-state index contributed by atoms with van der Waals surface area (Å²) in [5.41, 5.74) is 2.20. The smallest absolute Gasteiger partial charge is 0.127 e. The van der Waals surface area contributed by atoms with Gasteiger partial charge in [-0.25, -0.2) is 4.39 Å². The molecular formula is C17H19ClFNS. The van der Waals surface area contributed by atoms with Crippen molar-refractivity contribution in [1.82, 2.24) is 5.32 Å². The van der Waals surface area contributed by atoms with Crippen molar-refractivity contribution in [2.24, 2.45) is 0 Å². The number of thiophene rings is 1. The van der Waals surface area contributed by atoms with Crippen LogP contribution in [-0.4, -0.2) is 13.1 Å². The summed E-state index contributed by atoms with van der Waals surface area (Å²) in [4.78, 5) is 1.50. The first-order chi connectivity index (χ1) is 10.2. The Labute approximate surface area is 134 Å². The topological polar surface area (TPSA) is 12.0 Å². The van der Waals surface area contributed by atoms with Crippen molar-refractivity contribution in [2.45, 2.75) is 37.6 Å². The van der Waals surface area contributed by atoms with Gasteiger partial charge >= 0.3 is 0 Å². The van der Waals surface area contributed by atoms with E-state index in [1.165, 1.54) is 35.8 Å². The summed E-state index contributed by atoms with van der Waals surface area (Å²) in [6.45, 7) is 0. The third-order valence-electron chi connectivity index (χ3n) is 4.41. The maximum Gasteiger partial charge on any atom is 0.127 e. The highest BCUT2D eigenvalue weighted by Crippen LogP contribution is 2.38. The van der Waals surface area contributed by atoms with Gasteiger partial charge in [0, 0.05) is 21.9 Å². The van der Waals surface area contributed by atoms with Crippen LogP contribution in [0.1, 0.15) is 34.8 Å². The quantitative estimate of drug-likeness (QED) is 0.853. The van der Waals surface area contributed by atoms with Crippen LogP contribution in [0.4, 0.5) is 4.39 Å². The molecule has 3 rings (SSSR count). The number of benzene rings is 1. The Balaban J connectivity index is 1.83. The van der Waals surface area contributed by atoms with Crippen LogP contribution >= 0.6 is 22.9 Å². The van der Waals surface area contributed by atoms with E-state index in [2.05, 4.69) is 16.8 Å². The van der Waals surface area contributed by atoms with Crippen LogP contribution in [0.3, 0.4) is 0 Å². The van der Waals surface area contributed by atoms with E-state index < -0.39 is 0 Å². The minimum absolute atomic E-state index is 0.205. The molecule has 0 saturated carbocycles. The fourth-order valence-corrected chi connectivity index (χ4v) is 4.47. The lowest BCUT2D eigenvalue weighted by Crippen LogP contribution is -2.35. The number of hydrogen-bond acceptors (Lipinski definition) is 2. The molecule has 112 valence electrons. The molecule has 1 nitrogen and oxygen atoms in total. The first-order valence-corrected chi connectivity index (χ1v) is 8.62. The summed E-state index contributed by atoms with van der Waals surface area (Å²) >= 11 is 7.68. The van der Waals surface area contributed by atoms with E-state index in [9.17, 15) is 4.39 Å². The minimum Gasteiger partial charge on any atom is -0.316 e. The van der Waals surface area contributed by atoms with Gasteiger partial charge in [0.1, 0.15) is 5.82 Å². The van der Waals surface area contributed by atoms with Gasteiger partial charge in [0.2, 0.25) is 0 Å². The fourth-order valence-electron chi connectivity index (χ4n) is 3.31. The number of halogens is 2. The number of rotatable bonds is 4. The average Bonchev–Trinajstić information content (AvgIpc) is 2.95. The first kappa shape index (κ1) is 15.0. The third-order valence-corrected chi connectivity index (χ3v) is 5.64. The molecule has 0 fully saturated rings. The highest BCUT2D eigenvalue weighted by molar-refractivity contribution is 7.10. The van der Waals surface area contributed by atoms with Crippen molar-refractivity contribution in [3.05, 3.63) is 56.5 Å². The predicted octanol–water partition coefficient (Wildman–Crippen LogP) is 4.79. The highest BCUT2D eigenvalue weighted by atomic mass is 35.5. The molecule has 1 aliphatic carbocycles. The van der Waals surface area contributed by atoms with E-state index in [1.807, 2.05) is 18.4 Å². The van der Waals surface area contributed by atoms with Gasteiger partial charge in [-0.05, 0) is 67.4 Å². The number of nitrogens with one attached hydrogen (secondary N) is 1. The van der Waals surface area contributed by atoms with Crippen LogP contribution in [0.2, 0.25) is 5.02 Å². The molecule has 0 spiro atoms. The van der Waals surface area contributed by atoms with Crippen LogP contribution in [0.15, 0.2) is 29.6 Å². The molecule has 0 radical (unpaired) electrons. The molecule has 0 saturated heterocycles. The van der Waals surface area contributed by atoms with Crippen LogP contribution in [0.25, 0.3) is 0 Å². The van der Waals surface area contributed by atoms with Crippen molar-refractivity contribution in [3.63, 3.8) is 0 Å². The van der Waals surface area contributed by atoms with Crippen molar-refractivity contribution in [3.8, 4) is 0 Å². The van der Waals surface area contributed by atoms with Crippen molar-refractivity contribution in [1.29, 1.82) is 0 Å². The molecule has 2 unspecified atom stereocenters. The zero-order chi connectivity index (χ0) is 14.8. The number of aryl methyl sites for hydroxylation is 1. The summed E-state index contributed by atoms with van der Waals surface area (Å²) in [6, 6.07) is 7.48. The molecule has 0 amide bonds. The maximum absolute atomic E-state index is 14.0. The molecule has 1 aliphatic rings. The molecule has 1 aromatic heterocycles. The van der Waals surface area contributed by atoms with E-state index in [1.54, 1.807) is 12.1 Å². The Hall–Kier alpha value is -0.900. The number of fused-ring (bicyclic) bond motifs is 1. The second kappa shape index (κ2) is 6.47. The summed E-state index contributed by atoms with van der Waals surface area (Å²) in [5, 5.41) is 6.03. The Morgan fingerprint density at radius 1 is 1.43 bits per heavy atom. The molecule has 0 bridgehead atoms. The van der Waals surface area contributed by atoms with Gasteiger partial charge in [-0.15, -0.1) is 11.3 Å². The molecular weight excluding hydrogens is 305 g/mol. The average molecular weight is 324 g/mol. The monoisotopic (exact) mass is 323 g/mol. The van der Waals surface area contributed by atoms with Gasteiger partial charge in [-0.3, -0.25) is 0 Å². The van der Waals surface area contributed by atoms with E-state index in [0.717, 1.165) is 5.56 Å². The summed E-state index contributed by atoms with van der Waals surface area (Å²) in [6.07, 6.45) is 4.28. The fraction of sp³-hybridized carbons (Fsp3) is 0.412. The van der Waals surface area contributed by atoms with Crippen LogP contribution in [-0.2, 0) is 12.8 Å². The second-order valence-electron chi connectivity index (χ2n) is 5.63. The Morgan fingerprint density at radius 2 is 2.29 bits per heavy atom. The van der Waals surface area contributed by atoms with E-state index >= 15 is 0 Å². The lowest BCUT2D eigenvalue weighted by atomic mass is 9.80. The molecule has 21 heavy (non-hydrogen) atoms. The largest absolute Gasteiger partial charge is 0.316 e. The molecule has 2 atom stereocenters. The van der Waals surface area contributed by atoms with Crippen molar-refractivity contribution in [2.75, 3.05) is 7.05 Å². The standard InChI is InChI=1S/C17H19ClFNS/c1-20-16(9-11-5-6-12(18)10-15(11)19)13-3-2-4-17-14(13)7-8-21-17/h5-8,10,13,16,20H,2-4,9H2,1H3. The van der Waals surface area contributed by atoms with E-state index in [-0.39, 0.29) is 11.9 Å². The van der Waals surface area contributed by atoms with Gasteiger partial charge in [0.25, 0.3) is 0 Å². The summed E-state index contributed by atoms with van der Waals surface area (Å²) in [5.74, 6) is 0.268. The molecule has 1 N–H and O–H groups in total. The van der Waals surface area contributed by atoms with Crippen molar-refractivity contribution >= 4 is 22.9 Å². The van der Waals surface area contributed by atoms with Gasteiger partial charge in [-0.1, -0.05) is 17.7 Å². The molecule has 4 heteroatoms. The molecule has 1 aromatic carbocycles. The van der Waals surface area contributed by atoms with Crippen LogP contribution in [0.5, 0.6) is 0 Å². The van der Waals surface area contributed by atoms with Gasteiger partial charge < -0.3 is 5.32 Å². The van der Waals surface area contributed by atoms with E-state index in [0.29, 0.717) is 17.4 Å². The summed E-state index contributed by atoms with van der Waals surface area (Å²) < 4.78 is 14.0. The Bertz CT molecular complexity index is 625. The third kappa shape index (κ3) is 3.15. The van der Waals surface area contributed by atoms with Gasteiger partial charge in [0.05, 0.1) is 0 Å². The van der Waals surface area contributed by atoms with Crippen LogP contribution < -0.4 is 5.32 Å². The Morgan fingerprint density at radius 3 is 3.05 bits per heavy atom. The zero-order valence-corrected chi connectivity index (χ0v) is 13.6. The van der Waals surface area contributed by atoms with Crippen molar-refractivity contribution < 1.29 is 4.39 Å². The van der Waals surface area contributed by atoms with Gasteiger partial charge in [-0.2, -0.15) is 0 Å². The van der Waals surface area contributed by atoms with Crippen LogP contribution in [0, 0.1) is 5.82 Å². The number of likely N-dealkylation sites (N-methyl/N-ethyl adjacent to an activating group) is 1. The lowest BCUT2D eigenvalue weighted by Gasteiger charge is -2.30. The lowest BCUT2D eigenvalue weighted by molar-refractivity contribution is 0.409. The maximum atomic E-state index is 14.0. The summed E-state index contributed by atoms with van der Waals surface area (Å²) in [7, 11) is 1.97. The highest BCUT2D eigenvalue weighted by Gasteiger charge is 2.28. The molecule has 2 aromatic rings. The normalized spacial score (nSPS) is 19.3. The Kier molecular flexibility index (Phi) is 4.63.